The molecule has 0 aliphatic rings. The average Bonchev–Trinajstić information content (AvgIpc) is 2.47. The molecule has 0 spiro atoms. The quantitative estimate of drug-likeness (QED) is 0.715. The zero-order chi connectivity index (χ0) is 17.4. The molecule has 0 aromatic heterocycles. The molecule has 6 heteroatoms. The van der Waals surface area contributed by atoms with Crippen molar-refractivity contribution in [1.82, 2.24) is 0 Å². The van der Waals surface area contributed by atoms with E-state index in [1.54, 1.807) is 13.0 Å². The van der Waals surface area contributed by atoms with Crippen LogP contribution in [-0.4, -0.2) is 17.8 Å². The fourth-order valence-corrected chi connectivity index (χ4v) is 2.43. The molecule has 2 atom stereocenters. The van der Waals surface area contributed by atoms with Crippen molar-refractivity contribution in [3.05, 3.63) is 29.8 Å². The maximum Gasteiger partial charge on any atom is 0.224 e. The summed E-state index contributed by atoms with van der Waals surface area (Å²) in [5.74, 6) is -3.87. The van der Waals surface area contributed by atoms with Crippen molar-refractivity contribution in [3.63, 3.8) is 0 Å². The van der Waals surface area contributed by atoms with E-state index in [1.165, 1.54) is 18.2 Å². The summed E-state index contributed by atoms with van der Waals surface area (Å²) in [4.78, 5) is 34.0. The van der Waals surface area contributed by atoms with E-state index in [1.807, 2.05) is 6.92 Å². The van der Waals surface area contributed by atoms with Gasteiger partial charge in [0.25, 0.3) is 0 Å². The minimum absolute atomic E-state index is 0.0257. The van der Waals surface area contributed by atoms with Crippen LogP contribution in [0.4, 0.5) is 5.69 Å². The second-order valence-electron chi connectivity index (χ2n) is 5.67. The number of carboxylic acid groups (broad SMARTS) is 2. The number of aliphatic carboxylic acids is 1. The highest BCUT2D eigenvalue weighted by atomic mass is 16.4. The largest absolute Gasteiger partial charge is 0.550 e. The molecular weight excluding hydrogens is 298 g/mol. The van der Waals surface area contributed by atoms with Crippen molar-refractivity contribution in [3.8, 4) is 0 Å². The van der Waals surface area contributed by atoms with Gasteiger partial charge >= 0.3 is 0 Å². The molecule has 0 heterocycles. The van der Waals surface area contributed by atoms with Gasteiger partial charge < -0.3 is 25.1 Å². The van der Waals surface area contributed by atoms with Gasteiger partial charge in [-0.1, -0.05) is 38.8 Å². The van der Waals surface area contributed by atoms with Crippen LogP contribution in [0.5, 0.6) is 0 Å². The lowest BCUT2D eigenvalue weighted by Crippen LogP contribution is -2.36. The molecule has 1 N–H and O–H groups in total. The van der Waals surface area contributed by atoms with E-state index in [0.29, 0.717) is 12.1 Å². The topological polar surface area (TPSA) is 109 Å². The molecule has 0 saturated heterocycles. The first kappa shape index (κ1) is 18.7. The van der Waals surface area contributed by atoms with Crippen molar-refractivity contribution in [2.45, 2.75) is 39.5 Å². The molecule has 0 radical (unpaired) electrons. The molecule has 0 unspecified atom stereocenters. The fourth-order valence-electron chi connectivity index (χ4n) is 2.43. The molecule has 1 aromatic rings. The van der Waals surface area contributed by atoms with Crippen LogP contribution in [0.15, 0.2) is 24.3 Å². The molecule has 0 fully saturated rings. The number of anilines is 1. The van der Waals surface area contributed by atoms with Gasteiger partial charge in [-0.05, 0) is 30.0 Å². The minimum atomic E-state index is -1.33. The number of hydrogen-bond donors (Lipinski definition) is 1. The van der Waals surface area contributed by atoms with Gasteiger partial charge in [0.15, 0.2) is 0 Å². The molecule has 0 aliphatic heterocycles. The lowest BCUT2D eigenvalue weighted by molar-refractivity contribution is -0.313. The van der Waals surface area contributed by atoms with E-state index in [-0.39, 0.29) is 23.8 Å². The van der Waals surface area contributed by atoms with Crippen LogP contribution in [0.1, 0.15) is 49.9 Å². The zero-order valence-corrected chi connectivity index (χ0v) is 13.3. The summed E-state index contributed by atoms with van der Waals surface area (Å²) in [6, 6.07) is 5.72. The van der Waals surface area contributed by atoms with Gasteiger partial charge in [-0.25, -0.2) is 0 Å². The van der Waals surface area contributed by atoms with E-state index in [0.717, 1.165) is 12.8 Å². The van der Waals surface area contributed by atoms with Crippen LogP contribution in [0, 0.1) is 11.8 Å². The first-order valence-corrected chi connectivity index (χ1v) is 7.67. The third-order valence-electron chi connectivity index (χ3n) is 3.75. The molecule has 0 saturated carbocycles. The van der Waals surface area contributed by atoms with Crippen molar-refractivity contribution in [2.24, 2.45) is 11.8 Å². The van der Waals surface area contributed by atoms with E-state index >= 15 is 0 Å². The third-order valence-corrected chi connectivity index (χ3v) is 3.75. The maximum absolute atomic E-state index is 12.0. The summed E-state index contributed by atoms with van der Waals surface area (Å²) in [5, 5.41) is 24.6. The van der Waals surface area contributed by atoms with Gasteiger partial charge in [-0.2, -0.15) is 0 Å². The molecule has 0 bridgehead atoms. The van der Waals surface area contributed by atoms with E-state index < -0.39 is 17.9 Å². The van der Waals surface area contributed by atoms with Crippen LogP contribution < -0.4 is 15.5 Å². The standard InChI is InChI=1S/C17H23NO5/c1-3-4-8-14(17(22)23)11(2)9-15(19)18-13-7-5-6-12(10-13)16(20)21/h5-7,10-11,14H,3-4,8-9H2,1-2H3,(H,18,19)(H,20,21)(H,22,23)/p-2/t11-,14+/m1/s1. The Morgan fingerprint density at radius 2 is 1.91 bits per heavy atom. The van der Waals surface area contributed by atoms with Crippen molar-refractivity contribution >= 4 is 23.5 Å². The van der Waals surface area contributed by atoms with Crippen molar-refractivity contribution < 1.29 is 24.6 Å². The van der Waals surface area contributed by atoms with Gasteiger partial charge in [0.05, 0.1) is 5.97 Å². The molecule has 1 amide bonds. The zero-order valence-electron chi connectivity index (χ0n) is 13.3. The van der Waals surface area contributed by atoms with Crippen LogP contribution in [0.3, 0.4) is 0 Å². The second-order valence-corrected chi connectivity index (χ2v) is 5.67. The Morgan fingerprint density at radius 3 is 2.48 bits per heavy atom. The number of carbonyl (C=O) groups is 3. The number of nitrogens with one attached hydrogen (secondary N) is 1. The number of hydrogen-bond acceptors (Lipinski definition) is 5. The molecular formula is C17H21NO5-2. The lowest BCUT2D eigenvalue weighted by Gasteiger charge is -2.24. The third kappa shape index (κ3) is 6.10. The summed E-state index contributed by atoms with van der Waals surface area (Å²) < 4.78 is 0. The minimum Gasteiger partial charge on any atom is -0.550 e. The molecule has 126 valence electrons. The van der Waals surface area contributed by atoms with E-state index in [4.69, 9.17) is 0 Å². The number of benzene rings is 1. The summed E-state index contributed by atoms with van der Waals surface area (Å²) in [5.41, 5.74) is 0.300. The van der Waals surface area contributed by atoms with Crippen LogP contribution in [0.2, 0.25) is 0 Å². The van der Waals surface area contributed by atoms with Gasteiger partial charge in [-0.15, -0.1) is 0 Å². The summed E-state index contributed by atoms with van der Waals surface area (Å²) in [6.45, 7) is 3.67. The number of unbranched alkanes of at least 4 members (excludes halogenated alkanes) is 1. The highest BCUT2D eigenvalue weighted by molar-refractivity contribution is 5.93. The highest BCUT2D eigenvalue weighted by Gasteiger charge is 2.21. The summed E-state index contributed by atoms with van der Waals surface area (Å²) in [7, 11) is 0. The first-order valence-electron chi connectivity index (χ1n) is 7.67. The second kappa shape index (κ2) is 8.92. The number of carboxylic acids is 2. The molecule has 6 nitrogen and oxygen atoms in total. The Kier molecular flexibility index (Phi) is 7.25. The Hall–Kier alpha value is -2.37. The number of aromatic carboxylic acids is 1. The van der Waals surface area contributed by atoms with Crippen LogP contribution in [-0.2, 0) is 9.59 Å². The Morgan fingerprint density at radius 1 is 1.22 bits per heavy atom. The highest BCUT2D eigenvalue weighted by Crippen LogP contribution is 2.22. The monoisotopic (exact) mass is 319 g/mol. The molecule has 1 aromatic carbocycles. The molecule has 0 aliphatic carbocycles. The molecule has 23 heavy (non-hydrogen) atoms. The number of rotatable bonds is 9. The number of carbonyl (C=O) groups excluding carboxylic acids is 3. The predicted octanol–water partition coefficient (Wildman–Crippen LogP) is 0.571. The average molecular weight is 319 g/mol. The Labute approximate surface area is 135 Å². The molecule has 1 rings (SSSR count). The van der Waals surface area contributed by atoms with Gasteiger partial charge in [0, 0.05) is 24.0 Å². The summed E-state index contributed by atoms with van der Waals surface area (Å²) in [6.07, 6.45) is 2.14. The Bertz CT molecular complexity index is 570. The first-order chi connectivity index (χ1) is 10.8. The van der Waals surface area contributed by atoms with Crippen LogP contribution in [0.25, 0.3) is 0 Å². The smallest absolute Gasteiger partial charge is 0.224 e. The lowest BCUT2D eigenvalue weighted by atomic mass is 9.87. The normalized spacial score (nSPS) is 13.1. The van der Waals surface area contributed by atoms with E-state index in [9.17, 15) is 24.6 Å². The predicted molar refractivity (Wildman–Crippen MR) is 81.2 cm³/mol. The fraction of sp³-hybridized carbons (Fsp3) is 0.471. The van der Waals surface area contributed by atoms with Crippen molar-refractivity contribution in [1.29, 1.82) is 0 Å². The Balaban J connectivity index is 2.65. The van der Waals surface area contributed by atoms with Crippen LogP contribution >= 0.6 is 0 Å². The van der Waals surface area contributed by atoms with E-state index in [2.05, 4.69) is 5.32 Å². The summed E-state index contributed by atoms with van der Waals surface area (Å²) >= 11 is 0. The van der Waals surface area contributed by atoms with Crippen molar-refractivity contribution in [2.75, 3.05) is 5.32 Å². The van der Waals surface area contributed by atoms with Gasteiger partial charge in [0.1, 0.15) is 0 Å². The maximum atomic E-state index is 12.0. The van der Waals surface area contributed by atoms with Gasteiger partial charge in [-0.3, -0.25) is 4.79 Å². The van der Waals surface area contributed by atoms with Gasteiger partial charge in [0.2, 0.25) is 5.91 Å². The SMILES string of the molecule is CCCC[C@H](C(=O)[O-])[C@H](C)CC(=O)Nc1cccc(C(=O)[O-])c1. The number of amides is 1.